The number of ether oxygens (including phenoxy) is 1. The van der Waals surface area contributed by atoms with Gasteiger partial charge in [-0.25, -0.2) is 0 Å². The third-order valence-electron chi connectivity index (χ3n) is 4.75. The van der Waals surface area contributed by atoms with Gasteiger partial charge in [-0.2, -0.15) is 0 Å². The summed E-state index contributed by atoms with van der Waals surface area (Å²) in [7, 11) is 1.41. The molecule has 0 aromatic rings. The number of esters is 1. The van der Waals surface area contributed by atoms with Gasteiger partial charge >= 0.3 is 5.97 Å². The number of aliphatic hydroxyl groups excluding tert-OH is 2. The molecule has 4 atom stereocenters. The molecule has 4 unspecified atom stereocenters. The molecule has 0 fully saturated rings. The highest BCUT2D eigenvalue weighted by atomic mass is 16.5. The molecule has 0 aliphatic heterocycles. The highest BCUT2D eigenvalue weighted by molar-refractivity contribution is 5.68. The smallest absolute Gasteiger partial charge is 0.305 e. The Morgan fingerprint density at radius 2 is 1.48 bits per heavy atom. The van der Waals surface area contributed by atoms with Crippen LogP contribution in [0.1, 0.15) is 84.0 Å². The summed E-state index contributed by atoms with van der Waals surface area (Å²) < 4.78 is 4.60. The summed E-state index contributed by atoms with van der Waals surface area (Å²) in [6.45, 7) is 2.12. The first-order chi connectivity index (χ1) is 11.9. The van der Waals surface area contributed by atoms with E-state index in [0.29, 0.717) is 19.3 Å². The summed E-state index contributed by atoms with van der Waals surface area (Å²) in [5, 5.41) is 20.2. The molecule has 0 radical (unpaired) electrons. The molecule has 0 saturated heterocycles. The van der Waals surface area contributed by atoms with Crippen LogP contribution in [0.3, 0.4) is 0 Å². The number of carbonyl (C=O) groups is 1. The topological polar surface area (TPSA) is 119 Å². The second-order valence-electron chi connectivity index (χ2n) is 7.08. The molecular formula is C19H40N2O4. The number of hydrogen-bond acceptors (Lipinski definition) is 6. The Bertz CT molecular complexity index is 329. The molecule has 6 heteroatoms. The van der Waals surface area contributed by atoms with Crippen LogP contribution in [0.2, 0.25) is 0 Å². The highest BCUT2D eigenvalue weighted by Gasteiger charge is 2.22. The molecule has 0 amide bonds. The fourth-order valence-electron chi connectivity index (χ4n) is 2.90. The van der Waals surface area contributed by atoms with Crippen LogP contribution < -0.4 is 11.5 Å². The lowest BCUT2D eigenvalue weighted by molar-refractivity contribution is -0.140. The van der Waals surface area contributed by atoms with Gasteiger partial charge in [-0.3, -0.25) is 4.79 Å². The van der Waals surface area contributed by atoms with E-state index >= 15 is 0 Å². The van der Waals surface area contributed by atoms with Gasteiger partial charge in [-0.1, -0.05) is 51.9 Å². The number of unbranched alkanes of at least 4 members (excludes halogenated alkanes) is 6. The van der Waals surface area contributed by atoms with Crippen LogP contribution >= 0.6 is 0 Å². The van der Waals surface area contributed by atoms with E-state index in [0.717, 1.165) is 57.8 Å². The van der Waals surface area contributed by atoms with E-state index in [4.69, 9.17) is 11.5 Å². The minimum atomic E-state index is -0.671. The van der Waals surface area contributed by atoms with Crippen LogP contribution in [-0.2, 0) is 9.53 Å². The molecule has 0 aromatic carbocycles. The molecule has 0 aliphatic rings. The Hall–Kier alpha value is -0.690. The number of carbonyl (C=O) groups excluding carboxylic acids is 1. The average molecular weight is 361 g/mol. The Balaban J connectivity index is 3.73. The maximum atomic E-state index is 11.0. The van der Waals surface area contributed by atoms with Gasteiger partial charge in [0.25, 0.3) is 0 Å². The summed E-state index contributed by atoms with van der Waals surface area (Å²) in [5.41, 5.74) is 12.0. The number of hydrogen-bond donors (Lipinski definition) is 4. The molecular weight excluding hydrogens is 320 g/mol. The van der Waals surface area contributed by atoms with Gasteiger partial charge < -0.3 is 26.4 Å². The normalized spacial score (nSPS) is 16.2. The molecule has 0 rings (SSSR count). The minimum absolute atomic E-state index is 0.154. The first-order valence-corrected chi connectivity index (χ1v) is 9.86. The fraction of sp³-hybridized carbons (Fsp3) is 0.947. The van der Waals surface area contributed by atoms with Gasteiger partial charge in [0, 0.05) is 18.5 Å². The Kier molecular flexibility index (Phi) is 15.1. The zero-order valence-electron chi connectivity index (χ0n) is 16.2. The first-order valence-electron chi connectivity index (χ1n) is 9.86. The number of methoxy groups -OCH3 is 1. The average Bonchev–Trinajstić information content (AvgIpc) is 2.60. The van der Waals surface area contributed by atoms with Crippen molar-refractivity contribution in [3.8, 4) is 0 Å². The molecule has 0 aliphatic carbocycles. The maximum Gasteiger partial charge on any atom is 0.305 e. The van der Waals surface area contributed by atoms with Crippen molar-refractivity contribution in [3.63, 3.8) is 0 Å². The summed E-state index contributed by atoms with van der Waals surface area (Å²) in [4.78, 5) is 11.0. The van der Waals surface area contributed by atoms with Gasteiger partial charge in [0.15, 0.2) is 0 Å². The molecule has 6 N–H and O–H groups in total. The Morgan fingerprint density at radius 1 is 0.880 bits per heavy atom. The Labute approximate surface area is 153 Å². The largest absolute Gasteiger partial charge is 0.469 e. The van der Waals surface area contributed by atoms with Crippen LogP contribution in [0.4, 0.5) is 0 Å². The van der Waals surface area contributed by atoms with Crippen LogP contribution in [0, 0.1) is 0 Å². The zero-order chi connectivity index (χ0) is 19.1. The number of rotatable bonds is 16. The van der Waals surface area contributed by atoms with Crippen molar-refractivity contribution in [1.82, 2.24) is 0 Å². The predicted molar refractivity (Wildman–Crippen MR) is 101 cm³/mol. The lowest BCUT2D eigenvalue weighted by atomic mass is 9.94. The van der Waals surface area contributed by atoms with E-state index in [2.05, 4.69) is 11.7 Å². The third-order valence-corrected chi connectivity index (χ3v) is 4.75. The third kappa shape index (κ3) is 13.2. The summed E-state index contributed by atoms with van der Waals surface area (Å²) in [5.74, 6) is -0.154. The quantitative estimate of drug-likeness (QED) is 0.248. The summed E-state index contributed by atoms with van der Waals surface area (Å²) in [6, 6.07) is -0.722. The highest BCUT2D eigenvalue weighted by Crippen LogP contribution is 2.14. The van der Waals surface area contributed by atoms with Crippen LogP contribution in [-0.4, -0.2) is 47.6 Å². The monoisotopic (exact) mass is 360 g/mol. The second kappa shape index (κ2) is 15.6. The molecule has 0 spiro atoms. The van der Waals surface area contributed by atoms with Crippen LogP contribution in [0.25, 0.3) is 0 Å². The van der Waals surface area contributed by atoms with Crippen molar-refractivity contribution in [2.45, 2.75) is 108 Å². The van der Waals surface area contributed by atoms with Crippen molar-refractivity contribution in [2.24, 2.45) is 11.5 Å². The van der Waals surface area contributed by atoms with E-state index in [1.165, 1.54) is 7.11 Å². The SMILES string of the molecule is CCCCCC(O)C(N)CC(O)C(N)CCCCCCCC(=O)OC. The standard InChI is InChI=1S/C19H40N2O4/c1-3-4-8-12-17(22)16(21)14-18(23)15(20)11-9-6-5-7-10-13-19(24)25-2/h15-18,22-23H,3-14,20-21H2,1-2H3. The first kappa shape index (κ1) is 24.3. The summed E-state index contributed by atoms with van der Waals surface area (Å²) in [6.07, 6.45) is 9.06. The van der Waals surface area contributed by atoms with Crippen molar-refractivity contribution < 1.29 is 19.7 Å². The van der Waals surface area contributed by atoms with Gasteiger partial charge in [0.2, 0.25) is 0 Å². The molecule has 0 saturated carbocycles. The second-order valence-corrected chi connectivity index (χ2v) is 7.08. The molecule has 0 aromatic heterocycles. The molecule has 0 heterocycles. The van der Waals surface area contributed by atoms with Crippen LogP contribution in [0.5, 0.6) is 0 Å². The van der Waals surface area contributed by atoms with Crippen molar-refractivity contribution in [1.29, 1.82) is 0 Å². The van der Waals surface area contributed by atoms with E-state index in [9.17, 15) is 15.0 Å². The number of nitrogens with two attached hydrogens (primary N) is 2. The zero-order valence-corrected chi connectivity index (χ0v) is 16.2. The molecule has 25 heavy (non-hydrogen) atoms. The van der Waals surface area contributed by atoms with Crippen molar-refractivity contribution in [3.05, 3.63) is 0 Å². The lowest BCUT2D eigenvalue weighted by Gasteiger charge is -2.25. The van der Waals surface area contributed by atoms with Crippen molar-refractivity contribution in [2.75, 3.05) is 7.11 Å². The minimum Gasteiger partial charge on any atom is -0.469 e. The van der Waals surface area contributed by atoms with Crippen molar-refractivity contribution >= 4 is 5.97 Å². The molecule has 0 bridgehead atoms. The molecule has 150 valence electrons. The van der Waals surface area contributed by atoms with Gasteiger partial charge in [-0.05, 0) is 25.7 Å². The van der Waals surface area contributed by atoms with E-state index < -0.39 is 18.2 Å². The van der Waals surface area contributed by atoms with Gasteiger partial charge in [-0.15, -0.1) is 0 Å². The Morgan fingerprint density at radius 3 is 2.12 bits per heavy atom. The lowest BCUT2D eigenvalue weighted by Crippen LogP contribution is -2.43. The van der Waals surface area contributed by atoms with Gasteiger partial charge in [0.1, 0.15) is 0 Å². The fourth-order valence-corrected chi connectivity index (χ4v) is 2.90. The van der Waals surface area contributed by atoms with E-state index in [1.807, 2.05) is 0 Å². The summed E-state index contributed by atoms with van der Waals surface area (Å²) >= 11 is 0. The predicted octanol–water partition coefficient (Wildman–Crippen LogP) is 2.24. The van der Waals surface area contributed by atoms with Gasteiger partial charge in [0.05, 0.1) is 19.3 Å². The van der Waals surface area contributed by atoms with E-state index in [-0.39, 0.29) is 12.0 Å². The number of aliphatic hydroxyl groups is 2. The van der Waals surface area contributed by atoms with Crippen LogP contribution in [0.15, 0.2) is 0 Å². The molecule has 6 nitrogen and oxygen atoms in total. The van der Waals surface area contributed by atoms with E-state index in [1.54, 1.807) is 0 Å². The maximum absolute atomic E-state index is 11.0.